The van der Waals surface area contributed by atoms with E-state index in [1.807, 2.05) is 86.6 Å². The van der Waals surface area contributed by atoms with Gasteiger partial charge in [-0.05, 0) is 50.2 Å². The van der Waals surface area contributed by atoms with Crippen molar-refractivity contribution in [3.8, 4) is 11.5 Å². The Hall–Kier alpha value is -3.75. The van der Waals surface area contributed by atoms with Gasteiger partial charge in [-0.3, -0.25) is 14.7 Å². The van der Waals surface area contributed by atoms with E-state index in [1.54, 1.807) is 23.0 Å². The number of urea groups is 1. The minimum Gasteiger partial charge on any atom is -0.497 e. The van der Waals surface area contributed by atoms with E-state index >= 15 is 0 Å². The van der Waals surface area contributed by atoms with Gasteiger partial charge in [-0.15, -0.1) is 0 Å². The highest BCUT2D eigenvalue weighted by atomic mass is 35.5. The maximum absolute atomic E-state index is 12.9. The Labute approximate surface area is 245 Å². The molecule has 0 aromatic heterocycles. The van der Waals surface area contributed by atoms with Gasteiger partial charge >= 0.3 is 6.03 Å². The van der Waals surface area contributed by atoms with E-state index in [-0.39, 0.29) is 24.6 Å². The average Bonchev–Trinajstić information content (AvgIpc) is 3.43. The van der Waals surface area contributed by atoms with Crippen LogP contribution >= 0.6 is 23.2 Å². The van der Waals surface area contributed by atoms with Crippen LogP contribution in [0.3, 0.4) is 0 Å². The molecule has 10 heteroatoms. The summed E-state index contributed by atoms with van der Waals surface area (Å²) in [5, 5.41) is 4.32. The van der Waals surface area contributed by atoms with Crippen LogP contribution in [0.25, 0.3) is 0 Å². The SMILES string of the molecule is COc1ccc(C2=NCCN2C(=O)N2CCNC(=O)C2)c(OC(C)C)c1.Clc1ccccc1.Clc1ccccc1. The van der Waals surface area contributed by atoms with E-state index in [1.165, 1.54) is 0 Å². The molecular formula is C30H34Cl2N4O4. The molecule has 0 atom stereocenters. The third-order valence-electron chi connectivity index (χ3n) is 5.64. The number of halogens is 2. The number of carbonyl (C=O) groups is 2. The molecule has 0 aliphatic carbocycles. The summed E-state index contributed by atoms with van der Waals surface area (Å²) in [6, 6.07) is 24.2. The summed E-state index contributed by atoms with van der Waals surface area (Å²) in [6.45, 7) is 5.92. The van der Waals surface area contributed by atoms with Crippen LogP contribution in [0.4, 0.5) is 4.79 Å². The molecule has 40 heavy (non-hydrogen) atoms. The molecule has 212 valence electrons. The number of aliphatic imine (C=N–C) groups is 1. The molecule has 0 bridgehead atoms. The summed E-state index contributed by atoms with van der Waals surface area (Å²) in [7, 11) is 1.60. The molecule has 1 saturated heterocycles. The number of nitrogens with one attached hydrogen (secondary N) is 1. The normalized spacial score (nSPS) is 14.2. The van der Waals surface area contributed by atoms with Gasteiger partial charge in [0.2, 0.25) is 5.91 Å². The van der Waals surface area contributed by atoms with E-state index in [4.69, 9.17) is 32.7 Å². The second kappa shape index (κ2) is 15.7. The molecule has 0 spiro atoms. The van der Waals surface area contributed by atoms with Crippen molar-refractivity contribution in [1.29, 1.82) is 0 Å². The first kappa shape index (κ1) is 30.8. The number of amides is 3. The number of methoxy groups -OCH3 is 1. The van der Waals surface area contributed by atoms with Crippen LogP contribution in [-0.2, 0) is 4.79 Å². The third-order valence-corrected chi connectivity index (χ3v) is 6.14. The van der Waals surface area contributed by atoms with Crippen molar-refractivity contribution in [3.63, 3.8) is 0 Å². The molecule has 8 nitrogen and oxygen atoms in total. The summed E-state index contributed by atoms with van der Waals surface area (Å²) >= 11 is 11.1. The van der Waals surface area contributed by atoms with Crippen LogP contribution in [0.2, 0.25) is 10.0 Å². The predicted octanol–water partition coefficient (Wildman–Crippen LogP) is 5.78. The zero-order valence-corrected chi connectivity index (χ0v) is 24.4. The summed E-state index contributed by atoms with van der Waals surface area (Å²) < 4.78 is 11.2. The molecule has 0 unspecified atom stereocenters. The summed E-state index contributed by atoms with van der Waals surface area (Å²) in [5.74, 6) is 1.72. The molecule has 2 heterocycles. The van der Waals surface area contributed by atoms with Crippen molar-refractivity contribution >= 4 is 41.0 Å². The van der Waals surface area contributed by atoms with Crippen LogP contribution < -0.4 is 14.8 Å². The van der Waals surface area contributed by atoms with Crippen molar-refractivity contribution in [3.05, 3.63) is 94.5 Å². The van der Waals surface area contributed by atoms with Crippen LogP contribution in [0.1, 0.15) is 19.4 Å². The summed E-state index contributed by atoms with van der Waals surface area (Å²) in [4.78, 5) is 32.2. The molecule has 2 aliphatic rings. The monoisotopic (exact) mass is 584 g/mol. The topological polar surface area (TPSA) is 83.5 Å². The highest BCUT2D eigenvalue weighted by Crippen LogP contribution is 2.29. The number of rotatable bonds is 4. The molecular weight excluding hydrogens is 551 g/mol. The number of hydrogen-bond donors (Lipinski definition) is 1. The Bertz CT molecular complexity index is 1240. The van der Waals surface area contributed by atoms with E-state index in [0.29, 0.717) is 43.5 Å². The van der Waals surface area contributed by atoms with Crippen LogP contribution in [0.5, 0.6) is 11.5 Å². The Balaban J connectivity index is 0.000000255. The number of amidine groups is 1. The van der Waals surface area contributed by atoms with Gasteiger partial charge in [-0.2, -0.15) is 0 Å². The Kier molecular flexibility index (Phi) is 12.1. The molecule has 1 fully saturated rings. The molecule has 2 aliphatic heterocycles. The molecule has 3 aromatic rings. The van der Waals surface area contributed by atoms with Crippen LogP contribution in [0, 0.1) is 0 Å². The van der Waals surface area contributed by atoms with Gasteiger partial charge in [0.25, 0.3) is 0 Å². The van der Waals surface area contributed by atoms with Crippen molar-refractivity contribution in [2.75, 3.05) is 39.8 Å². The minimum absolute atomic E-state index is 0.0298. The second-order valence-corrected chi connectivity index (χ2v) is 9.90. The number of nitrogens with zero attached hydrogens (tertiary/aromatic N) is 3. The van der Waals surface area contributed by atoms with Crippen LogP contribution in [-0.4, -0.2) is 73.5 Å². The lowest BCUT2D eigenvalue weighted by Crippen LogP contribution is -2.54. The van der Waals surface area contributed by atoms with Gasteiger partial charge in [-0.25, -0.2) is 4.79 Å². The summed E-state index contributed by atoms with van der Waals surface area (Å²) in [5.41, 5.74) is 0.742. The molecule has 3 amide bonds. The number of carbonyl (C=O) groups excluding carboxylic acids is 2. The van der Waals surface area contributed by atoms with Crippen LogP contribution in [0.15, 0.2) is 83.9 Å². The lowest BCUT2D eigenvalue weighted by molar-refractivity contribution is -0.123. The number of hydrogen-bond acceptors (Lipinski definition) is 5. The maximum atomic E-state index is 12.9. The fraction of sp³-hybridized carbons (Fsp3) is 0.300. The highest BCUT2D eigenvalue weighted by molar-refractivity contribution is 6.30. The lowest BCUT2D eigenvalue weighted by atomic mass is 10.1. The van der Waals surface area contributed by atoms with Crippen molar-refractivity contribution in [1.82, 2.24) is 15.1 Å². The Morgan fingerprint density at radius 3 is 2.08 bits per heavy atom. The fourth-order valence-electron chi connectivity index (χ4n) is 3.83. The van der Waals surface area contributed by atoms with Gasteiger partial charge in [0.05, 0.1) is 25.3 Å². The first-order valence-electron chi connectivity index (χ1n) is 12.9. The van der Waals surface area contributed by atoms with Gasteiger partial charge in [0, 0.05) is 35.7 Å². The summed E-state index contributed by atoms with van der Waals surface area (Å²) in [6.07, 6.45) is -0.0298. The lowest BCUT2D eigenvalue weighted by Gasteiger charge is -2.31. The second-order valence-electron chi connectivity index (χ2n) is 9.03. The van der Waals surface area contributed by atoms with Crippen molar-refractivity contribution in [2.45, 2.75) is 20.0 Å². The first-order chi connectivity index (χ1) is 19.3. The molecule has 0 radical (unpaired) electrons. The van der Waals surface area contributed by atoms with Crippen molar-refractivity contribution < 1.29 is 19.1 Å². The van der Waals surface area contributed by atoms with Gasteiger partial charge in [-0.1, -0.05) is 59.6 Å². The molecule has 0 saturated carbocycles. The average molecular weight is 586 g/mol. The van der Waals surface area contributed by atoms with E-state index in [2.05, 4.69) is 10.3 Å². The third kappa shape index (κ3) is 9.47. The fourth-order valence-corrected chi connectivity index (χ4v) is 4.12. The van der Waals surface area contributed by atoms with E-state index < -0.39 is 0 Å². The smallest absolute Gasteiger partial charge is 0.326 e. The zero-order valence-electron chi connectivity index (χ0n) is 22.8. The standard InChI is InChI=1S/C18H24N4O4.2C6H5Cl/c1-12(2)26-15-10-13(25-3)4-5-14(15)17-20-7-9-22(17)18(24)21-8-6-19-16(23)11-21;2*7-6-4-2-1-3-5-6/h4-5,10,12H,6-9,11H2,1-3H3,(H,19,23);2*1-5H. The molecule has 3 aromatic carbocycles. The van der Waals surface area contributed by atoms with Gasteiger partial charge < -0.3 is 19.7 Å². The molecule has 1 N–H and O–H groups in total. The van der Waals surface area contributed by atoms with E-state index in [9.17, 15) is 9.59 Å². The van der Waals surface area contributed by atoms with Crippen molar-refractivity contribution in [2.24, 2.45) is 4.99 Å². The minimum atomic E-state index is -0.206. The number of ether oxygens (including phenoxy) is 2. The zero-order chi connectivity index (χ0) is 28.9. The number of piperazine rings is 1. The van der Waals surface area contributed by atoms with Gasteiger partial charge in [0.15, 0.2) is 0 Å². The van der Waals surface area contributed by atoms with Gasteiger partial charge in [0.1, 0.15) is 23.9 Å². The largest absolute Gasteiger partial charge is 0.497 e. The maximum Gasteiger partial charge on any atom is 0.326 e. The first-order valence-corrected chi connectivity index (χ1v) is 13.7. The molecule has 5 rings (SSSR count). The quantitative estimate of drug-likeness (QED) is 0.421. The predicted molar refractivity (Wildman–Crippen MR) is 160 cm³/mol. The Morgan fingerprint density at radius 1 is 0.950 bits per heavy atom. The van der Waals surface area contributed by atoms with E-state index in [0.717, 1.165) is 15.6 Å². The number of benzene rings is 3. The highest BCUT2D eigenvalue weighted by Gasteiger charge is 2.32. The Morgan fingerprint density at radius 2 is 1.57 bits per heavy atom.